The van der Waals surface area contributed by atoms with Crippen LogP contribution in [-0.2, 0) is 25.8 Å². The molecule has 3 saturated carbocycles. The maximum atomic E-state index is 17.3. The molecule has 220 valence electrons. The van der Waals surface area contributed by atoms with Crippen molar-refractivity contribution in [3.05, 3.63) is 69.3 Å². The number of aliphatic hydroxyl groups excluding tert-OH is 1. The number of nitrogens with zero attached hydrogens (tertiary/aromatic N) is 1. The molecule has 0 aromatic heterocycles. The zero-order chi connectivity index (χ0) is 30.0. The number of hydrogen-bond donors (Lipinski definition) is 2. The Balaban J connectivity index is 1.34. The van der Waals surface area contributed by atoms with Crippen molar-refractivity contribution >= 4 is 17.5 Å². The van der Waals surface area contributed by atoms with E-state index in [-0.39, 0.29) is 24.4 Å². The van der Waals surface area contributed by atoms with Crippen LogP contribution in [0.4, 0.5) is 4.39 Å². The molecule has 10 nitrogen and oxygen atoms in total. The summed E-state index contributed by atoms with van der Waals surface area (Å²) in [4.78, 5) is 52.9. The molecule has 41 heavy (non-hydrogen) atoms. The van der Waals surface area contributed by atoms with Gasteiger partial charge in [0.1, 0.15) is 12.2 Å². The molecule has 5 rings (SSSR count). The molecule has 0 radical (unpaired) electrons. The minimum absolute atomic E-state index is 0.104. The number of esters is 1. The van der Waals surface area contributed by atoms with E-state index in [1.165, 1.54) is 36.4 Å². The minimum Gasteiger partial charge on any atom is -0.454 e. The van der Waals surface area contributed by atoms with Crippen LogP contribution in [0.1, 0.15) is 62.4 Å². The molecule has 8 atom stereocenters. The zero-order valence-electron chi connectivity index (χ0n) is 23.2. The molecule has 0 amide bonds. The Morgan fingerprint density at radius 3 is 2.54 bits per heavy atom. The normalized spacial score (nSPS) is 39.2. The third kappa shape index (κ3) is 4.15. The van der Waals surface area contributed by atoms with Crippen molar-refractivity contribution in [3.63, 3.8) is 0 Å². The van der Waals surface area contributed by atoms with Crippen LogP contribution < -0.4 is 0 Å². The van der Waals surface area contributed by atoms with Crippen LogP contribution in [0.15, 0.2) is 48.1 Å². The Labute approximate surface area is 236 Å². The monoisotopic (exact) mass is 571 g/mol. The highest BCUT2D eigenvalue weighted by molar-refractivity contribution is 6.01. The van der Waals surface area contributed by atoms with Gasteiger partial charge in [0.25, 0.3) is 5.09 Å². The lowest BCUT2D eigenvalue weighted by atomic mass is 9.44. The Hall–Kier alpha value is -3.44. The third-order valence-electron chi connectivity index (χ3n) is 10.5. The molecule has 1 aromatic carbocycles. The Morgan fingerprint density at radius 1 is 1.20 bits per heavy atom. The van der Waals surface area contributed by atoms with Crippen LogP contribution in [0.25, 0.3) is 0 Å². The molecule has 0 spiro atoms. The number of carbonyl (C=O) groups excluding carboxylic acids is 3. The van der Waals surface area contributed by atoms with E-state index in [0.29, 0.717) is 30.4 Å². The Bertz CT molecular complexity index is 1360. The van der Waals surface area contributed by atoms with E-state index in [0.717, 1.165) is 0 Å². The van der Waals surface area contributed by atoms with E-state index < -0.39 is 69.4 Å². The van der Waals surface area contributed by atoms with Crippen molar-refractivity contribution in [3.8, 4) is 0 Å². The van der Waals surface area contributed by atoms with Crippen LogP contribution in [0.3, 0.4) is 0 Å². The summed E-state index contributed by atoms with van der Waals surface area (Å²) >= 11 is 0. The first kappa shape index (κ1) is 29.1. The number of benzene rings is 1. The summed E-state index contributed by atoms with van der Waals surface area (Å²) in [6, 6.07) is 5.67. The van der Waals surface area contributed by atoms with Gasteiger partial charge in [-0.2, -0.15) is 0 Å². The molecular formula is C30H34FNO9. The fourth-order valence-electron chi connectivity index (χ4n) is 8.33. The number of hydrogen-bond acceptors (Lipinski definition) is 9. The van der Waals surface area contributed by atoms with Crippen molar-refractivity contribution in [1.29, 1.82) is 0 Å². The number of ether oxygens (including phenoxy) is 1. The zero-order valence-corrected chi connectivity index (χ0v) is 23.2. The Morgan fingerprint density at radius 2 is 1.88 bits per heavy atom. The molecular weight excluding hydrogens is 537 g/mol. The van der Waals surface area contributed by atoms with Gasteiger partial charge in [-0.1, -0.05) is 37.6 Å². The number of rotatable bonds is 7. The molecule has 0 bridgehead atoms. The van der Waals surface area contributed by atoms with Gasteiger partial charge in [0.15, 0.2) is 18.1 Å². The van der Waals surface area contributed by atoms with Crippen LogP contribution >= 0.6 is 0 Å². The first-order valence-electron chi connectivity index (χ1n) is 13.8. The molecule has 0 aliphatic heterocycles. The topological polar surface area (TPSA) is 153 Å². The summed E-state index contributed by atoms with van der Waals surface area (Å²) in [6.07, 6.45) is 3.85. The number of halogens is 1. The van der Waals surface area contributed by atoms with Crippen molar-refractivity contribution in [1.82, 2.24) is 0 Å². The standard InChI is InChI=1S/C30H34FNO9/c1-17-12-23-22-9-8-20-13-21(33)10-11-27(20,2)29(22,31)24(34)14-28(23,3)30(17,37)25(35)16-40-26(36)19-6-4-18(5-7-19)15-41-32(38)39/h4-7,10-11,13,17,22-24,34,37H,8-9,12,14-16H2,1-3H3/t17-,22?,23?,24+,27+,28+,29+,30+/m1/s1. The first-order chi connectivity index (χ1) is 19.2. The summed E-state index contributed by atoms with van der Waals surface area (Å²) < 4.78 is 22.5. The number of carbonyl (C=O) groups is 3. The van der Waals surface area contributed by atoms with Crippen molar-refractivity contribution in [2.24, 2.45) is 28.6 Å². The number of ketones is 2. The van der Waals surface area contributed by atoms with Gasteiger partial charge in [-0.05, 0) is 74.3 Å². The average molecular weight is 572 g/mol. The quantitative estimate of drug-likeness (QED) is 0.285. The van der Waals surface area contributed by atoms with E-state index in [1.807, 2.05) is 0 Å². The Kier molecular flexibility index (Phi) is 6.97. The maximum Gasteiger partial charge on any atom is 0.338 e. The predicted molar refractivity (Wildman–Crippen MR) is 141 cm³/mol. The highest BCUT2D eigenvalue weighted by atomic mass is 19.1. The van der Waals surface area contributed by atoms with Gasteiger partial charge >= 0.3 is 5.97 Å². The number of aliphatic hydroxyl groups is 2. The fourth-order valence-corrected chi connectivity index (χ4v) is 8.33. The van der Waals surface area contributed by atoms with Crippen LogP contribution in [0, 0.1) is 38.7 Å². The molecule has 4 aliphatic carbocycles. The first-order valence-corrected chi connectivity index (χ1v) is 13.8. The van der Waals surface area contributed by atoms with E-state index >= 15 is 4.39 Å². The maximum absolute atomic E-state index is 17.3. The lowest BCUT2D eigenvalue weighted by molar-refractivity contribution is -0.763. The van der Waals surface area contributed by atoms with Crippen molar-refractivity contribution in [2.75, 3.05) is 6.61 Å². The summed E-state index contributed by atoms with van der Waals surface area (Å²) in [5, 5.41) is 32.9. The van der Waals surface area contributed by atoms with Gasteiger partial charge in [-0.25, -0.2) is 9.18 Å². The summed E-state index contributed by atoms with van der Waals surface area (Å²) in [6.45, 7) is 4.13. The van der Waals surface area contributed by atoms with E-state index in [4.69, 9.17) is 4.74 Å². The van der Waals surface area contributed by atoms with E-state index in [9.17, 15) is 34.7 Å². The highest BCUT2D eigenvalue weighted by Crippen LogP contribution is 2.70. The van der Waals surface area contributed by atoms with Gasteiger partial charge in [0.05, 0.1) is 11.7 Å². The molecule has 2 unspecified atom stereocenters. The third-order valence-corrected chi connectivity index (χ3v) is 10.5. The lowest BCUT2D eigenvalue weighted by Crippen LogP contribution is -2.69. The van der Waals surface area contributed by atoms with Gasteiger partial charge in [-0.3, -0.25) is 9.59 Å². The number of allylic oxidation sites excluding steroid dienone is 4. The average Bonchev–Trinajstić information content (AvgIpc) is 3.13. The highest BCUT2D eigenvalue weighted by Gasteiger charge is 2.75. The van der Waals surface area contributed by atoms with Crippen LogP contribution in [0.2, 0.25) is 0 Å². The van der Waals surface area contributed by atoms with Gasteiger partial charge < -0.3 is 19.8 Å². The smallest absolute Gasteiger partial charge is 0.338 e. The van der Waals surface area contributed by atoms with Crippen molar-refractivity contribution < 1.29 is 43.6 Å². The largest absolute Gasteiger partial charge is 0.454 e. The van der Waals surface area contributed by atoms with Crippen molar-refractivity contribution in [2.45, 2.75) is 70.4 Å². The number of fused-ring (bicyclic) bond motifs is 5. The van der Waals surface area contributed by atoms with E-state index in [1.54, 1.807) is 26.8 Å². The molecule has 4 aliphatic rings. The summed E-state index contributed by atoms with van der Waals surface area (Å²) in [5.41, 5.74) is -5.22. The van der Waals surface area contributed by atoms with Crippen LogP contribution in [0.5, 0.6) is 0 Å². The second kappa shape index (κ2) is 9.84. The summed E-state index contributed by atoms with van der Waals surface area (Å²) in [5.74, 6) is -3.44. The summed E-state index contributed by atoms with van der Waals surface area (Å²) in [7, 11) is 0. The fraction of sp³-hybridized carbons (Fsp3) is 0.567. The molecule has 1 aromatic rings. The molecule has 3 fully saturated rings. The second-order valence-electron chi connectivity index (χ2n) is 12.4. The van der Waals surface area contributed by atoms with Gasteiger partial charge in [-0.15, -0.1) is 10.1 Å². The van der Waals surface area contributed by atoms with Crippen LogP contribution in [-0.4, -0.2) is 56.8 Å². The van der Waals surface area contributed by atoms with Gasteiger partial charge in [0, 0.05) is 16.7 Å². The SMILES string of the molecule is C[C@@H]1CC2C3CCC4=CC(=O)C=C[C@]4(C)[C@@]3(F)[C@@H](O)C[C@]2(C)[C@@]1(O)C(=O)COC(=O)c1ccc(CO[N+](=O)[O-])cc1. The molecule has 0 saturated heterocycles. The lowest BCUT2D eigenvalue weighted by Gasteiger charge is -2.62. The molecule has 2 N–H and O–H groups in total. The molecule has 11 heteroatoms. The van der Waals surface area contributed by atoms with E-state index in [2.05, 4.69) is 4.84 Å². The van der Waals surface area contributed by atoms with Gasteiger partial charge in [0.2, 0.25) is 5.78 Å². The number of Topliss-reactive ketones (excluding diaryl/α,β-unsaturated/α-hetero) is 1. The second-order valence-corrected chi connectivity index (χ2v) is 12.4. The molecule has 0 heterocycles. The number of alkyl halides is 1. The minimum atomic E-state index is -2.09. The predicted octanol–water partition coefficient (Wildman–Crippen LogP) is 3.47.